The number of fused-ring (bicyclic) bond motifs is 5. The molecule has 0 aliphatic carbocycles. The van der Waals surface area contributed by atoms with Crippen molar-refractivity contribution in [1.82, 2.24) is 25.2 Å². The van der Waals surface area contributed by atoms with Gasteiger partial charge in [0.15, 0.2) is 5.82 Å². The summed E-state index contributed by atoms with van der Waals surface area (Å²) in [7, 11) is 0. The average molecular weight is 587 g/mol. The fourth-order valence-corrected chi connectivity index (χ4v) is 8.58. The van der Waals surface area contributed by atoms with Crippen molar-refractivity contribution < 1.29 is 9.13 Å². The van der Waals surface area contributed by atoms with Gasteiger partial charge in [-0.1, -0.05) is 55.8 Å². The molecule has 4 fully saturated rings. The number of hydrogen-bond acceptors (Lipinski definition) is 7. The van der Waals surface area contributed by atoms with Crippen molar-refractivity contribution in [2.75, 3.05) is 37.7 Å². The number of pyridine rings is 1. The molecule has 0 spiro atoms. The van der Waals surface area contributed by atoms with Crippen LogP contribution in [0.4, 0.5) is 10.2 Å². The van der Waals surface area contributed by atoms with Crippen molar-refractivity contribution in [3.05, 3.63) is 53.4 Å². The minimum absolute atomic E-state index is 0.0161. The van der Waals surface area contributed by atoms with Gasteiger partial charge in [0.25, 0.3) is 0 Å². The van der Waals surface area contributed by atoms with Crippen LogP contribution in [0.3, 0.4) is 0 Å². The lowest BCUT2D eigenvalue weighted by Gasteiger charge is -2.34. The number of hydrogen-bond donors (Lipinski definition) is 1. The van der Waals surface area contributed by atoms with Crippen LogP contribution in [0.5, 0.6) is 6.01 Å². The first kappa shape index (κ1) is 26.5. The lowest BCUT2D eigenvalue weighted by Crippen LogP contribution is -2.51. The molecule has 8 rings (SSSR count). The molecule has 6 heterocycles. The molecule has 4 aliphatic heterocycles. The van der Waals surface area contributed by atoms with E-state index in [9.17, 15) is 0 Å². The molecule has 0 radical (unpaired) electrons. The predicted octanol–water partition coefficient (Wildman–Crippen LogP) is 6.22. The zero-order chi connectivity index (χ0) is 28.6. The van der Waals surface area contributed by atoms with Gasteiger partial charge < -0.3 is 15.0 Å². The van der Waals surface area contributed by atoms with Crippen LogP contribution < -0.4 is 15.0 Å². The predicted molar refractivity (Wildman–Crippen MR) is 165 cm³/mol. The maximum absolute atomic E-state index is 16.7. The fraction of sp³-hybridized carbons (Fsp3) is 0.485. The van der Waals surface area contributed by atoms with Gasteiger partial charge in [-0.25, -0.2) is 4.39 Å². The van der Waals surface area contributed by atoms with Crippen LogP contribution >= 0.6 is 11.6 Å². The standard InChI is InChI=1S/C33H36ClFN6O/c1-32(2)17-33(12-5-13-41(33)18-32)19-42-31-38-29-24(30(39-31)40-15-21-10-11-22(16-40)37-21)14-36-28(27(29)35)23-8-3-6-20-7-4-9-25(34)26(20)23/h3-4,6-9,14,21-22,37H,5,10-13,15-19H2,1-2H3. The molecule has 9 heteroatoms. The summed E-state index contributed by atoms with van der Waals surface area (Å²) in [6, 6.07) is 12.5. The smallest absolute Gasteiger partial charge is 0.319 e. The van der Waals surface area contributed by atoms with Crippen molar-refractivity contribution in [3.8, 4) is 17.3 Å². The zero-order valence-electron chi connectivity index (χ0n) is 24.2. The van der Waals surface area contributed by atoms with E-state index in [0.29, 0.717) is 40.5 Å². The van der Waals surface area contributed by atoms with E-state index in [2.05, 4.69) is 33.9 Å². The summed E-state index contributed by atoms with van der Waals surface area (Å²) >= 11 is 6.62. The van der Waals surface area contributed by atoms with Gasteiger partial charge in [0.05, 0.1) is 10.9 Å². The molecule has 2 aromatic heterocycles. The van der Waals surface area contributed by atoms with E-state index in [4.69, 9.17) is 26.3 Å². The molecular formula is C33H36ClFN6O. The Bertz CT molecular complexity index is 1700. The molecule has 4 aliphatic rings. The molecule has 7 nitrogen and oxygen atoms in total. The van der Waals surface area contributed by atoms with Gasteiger partial charge in [-0.15, -0.1) is 0 Å². The van der Waals surface area contributed by atoms with Gasteiger partial charge in [0, 0.05) is 53.9 Å². The van der Waals surface area contributed by atoms with Crippen molar-refractivity contribution >= 4 is 39.1 Å². The minimum Gasteiger partial charge on any atom is -0.461 e. The van der Waals surface area contributed by atoms with Gasteiger partial charge in [-0.3, -0.25) is 9.88 Å². The highest BCUT2D eigenvalue weighted by atomic mass is 35.5. The molecule has 4 saturated heterocycles. The lowest BCUT2D eigenvalue weighted by molar-refractivity contribution is 0.107. The third-order valence-corrected chi connectivity index (χ3v) is 10.2. The molecule has 42 heavy (non-hydrogen) atoms. The van der Waals surface area contributed by atoms with E-state index >= 15 is 4.39 Å². The zero-order valence-corrected chi connectivity index (χ0v) is 24.9. The highest BCUT2D eigenvalue weighted by Crippen LogP contribution is 2.47. The third-order valence-electron chi connectivity index (χ3n) is 9.91. The highest BCUT2D eigenvalue weighted by Gasteiger charge is 2.52. The summed E-state index contributed by atoms with van der Waals surface area (Å²) in [6.45, 7) is 8.97. The number of aromatic nitrogens is 3. The van der Waals surface area contributed by atoms with Crippen molar-refractivity contribution in [3.63, 3.8) is 0 Å². The Morgan fingerprint density at radius 3 is 2.69 bits per heavy atom. The Morgan fingerprint density at radius 1 is 1.10 bits per heavy atom. The second-order valence-corrected chi connectivity index (χ2v) is 14.0. The first-order chi connectivity index (χ1) is 20.3. The van der Waals surface area contributed by atoms with Crippen LogP contribution in [-0.2, 0) is 0 Å². The van der Waals surface area contributed by atoms with E-state index in [0.717, 1.165) is 62.6 Å². The SMILES string of the molecule is CC1(C)CN2CCCC2(COc2nc(N3CC4CCC(C3)N4)c3cnc(-c4cccc5cccc(Cl)c45)c(F)c3n2)C1. The molecule has 1 N–H and O–H groups in total. The Balaban J connectivity index is 1.24. The van der Waals surface area contributed by atoms with Crippen molar-refractivity contribution in [2.45, 2.75) is 63.6 Å². The maximum Gasteiger partial charge on any atom is 0.319 e. The molecule has 3 atom stereocenters. The van der Waals surface area contributed by atoms with Gasteiger partial charge in [0.2, 0.25) is 0 Å². The summed E-state index contributed by atoms with van der Waals surface area (Å²) in [5, 5.41) is 6.57. The van der Waals surface area contributed by atoms with Crippen LogP contribution in [0.2, 0.25) is 5.02 Å². The van der Waals surface area contributed by atoms with Crippen molar-refractivity contribution in [2.24, 2.45) is 5.41 Å². The second kappa shape index (κ2) is 9.73. The van der Waals surface area contributed by atoms with Gasteiger partial charge >= 0.3 is 6.01 Å². The first-order valence-electron chi connectivity index (χ1n) is 15.2. The van der Waals surface area contributed by atoms with E-state index in [1.807, 2.05) is 36.4 Å². The Morgan fingerprint density at radius 2 is 1.88 bits per heavy atom. The molecule has 218 valence electrons. The average Bonchev–Trinajstić information content (AvgIpc) is 3.59. The van der Waals surface area contributed by atoms with E-state index in [-0.39, 0.29) is 28.2 Å². The highest BCUT2D eigenvalue weighted by molar-refractivity contribution is 6.36. The molecule has 3 unspecified atom stereocenters. The fourth-order valence-electron chi connectivity index (χ4n) is 8.30. The summed E-state index contributed by atoms with van der Waals surface area (Å²) in [5.74, 6) is 0.226. The molecule has 2 aromatic carbocycles. The molecule has 4 aromatic rings. The van der Waals surface area contributed by atoms with Crippen LogP contribution in [-0.4, -0.2) is 70.3 Å². The van der Waals surface area contributed by atoms with Crippen LogP contribution in [0.25, 0.3) is 32.9 Å². The summed E-state index contributed by atoms with van der Waals surface area (Å²) < 4.78 is 23.1. The number of halogens is 2. The number of nitrogens with one attached hydrogen (secondary N) is 1. The van der Waals surface area contributed by atoms with Crippen molar-refractivity contribution in [1.29, 1.82) is 0 Å². The normalized spacial score (nSPS) is 26.8. The van der Waals surface area contributed by atoms with Crippen LogP contribution in [0, 0.1) is 11.2 Å². The van der Waals surface area contributed by atoms with Crippen LogP contribution in [0.15, 0.2) is 42.6 Å². The number of ether oxygens (including phenoxy) is 1. The number of rotatable bonds is 5. The lowest BCUT2D eigenvalue weighted by atomic mass is 9.83. The molecule has 0 saturated carbocycles. The minimum atomic E-state index is -0.478. The summed E-state index contributed by atoms with van der Waals surface area (Å²) in [6.07, 6.45) is 7.35. The van der Waals surface area contributed by atoms with Gasteiger partial charge in [-0.05, 0) is 55.5 Å². The van der Waals surface area contributed by atoms with E-state index < -0.39 is 5.82 Å². The number of piperazine rings is 1. The quantitative estimate of drug-likeness (QED) is 0.298. The van der Waals surface area contributed by atoms with Gasteiger partial charge in [-0.2, -0.15) is 9.97 Å². The van der Waals surface area contributed by atoms with E-state index in [1.165, 1.54) is 6.42 Å². The number of nitrogens with zero attached hydrogens (tertiary/aromatic N) is 5. The van der Waals surface area contributed by atoms with E-state index in [1.54, 1.807) is 6.20 Å². The topological polar surface area (TPSA) is 66.4 Å². The Kier molecular flexibility index (Phi) is 6.15. The Hall–Kier alpha value is -3.07. The largest absolute Gasteiger partial charge is 0.461 e. The number of anilines is 1. The van der Waals surface area contributed by atoms with Gasteiger partial charge in [0.1, 0.15) is 23.6 Å². The molecular weight excluding hydrogens is 551 g/mol. The maximum atomic E-state index is 16.7. The second-order valence-electron chi connectivity index (χ2n) is 13.6. The van der Waals surface area contributed by atoms with Crippen LogP contribution in [0.1, 0.15) is 46.0 Å². The number of benzene rings is 2. The molecule has 0 amide bonds. The summed E-state index contributed by atoms with van der Waals surface area (Å²) in [5.41, 5.74) is 1.34. The first-order valence-corrected chi connectivity index (χ1v) is 15.6. The molecule has 2 bridgehead atoms. The third kappa shape index (κ3) is 4.33. The summed E-state index contributed by atoms with van der Waals surface area (Å²) in [4.78, 5) is 19.2. The monoisotopic (exact) mass is 586 g/mol. The Labute approximate surface area is 250 Å².